The molecule has 7 heteroatoms. The van der Waals surface area contributed by atoms with Crippen molar-refractivity contribution in [1.29, 1.82) is 0 Å². The topological polar surface area (TPSA) is 55.4 Å². The lowest BCUT2D eigenvalue weighted by molar-refractivity contribution is -0.115. The highest BCUT2D eigenvalue weighted by atomic mass is 79.9. The van der Waals surface area contributed by atoms with E-state index < -0.39 is 5.97 Å². The number of esters is 1. The second kappa shape index (κ2) is 8.70. The van der Waals surface area contributed by atoms with Crippen molar-refractivity contribution in [3.05, 3.63) is 57.9 Å². The van der Waals surface area contributed by atoms with Gasteiger partial charge in [0.15, 0.2) is 0 Å². The van der Waals surface area contributed by atoms with Crippen LogP contribution in [0.5, 0.6) is 0 Å². The first-order valence-corrected chi connectivity index (χ1v) is 10.5. The summed E-state index contributed by atoms with van der Waals surface area (Å²) in [5, 5.41) is 3.75. The number of anilines is 1. The molecule has 2 aromatic carbocycles. The first kappa shape index (κ1) is 18.9. The number of hydrogen-bond donors (Lipinski definition) is 1. The zero-order valence-corrected chi connectivity index (χ0v) is 17.2. The van der Waals surface area contributed by atoms with E-state index in [1.807, 2.05) is 48.5 Å². The molecule has 4 nitrogen and oxygen atoms in total. The van der Waals surface area contributed by atoms with Gasteiger partial charge in [0.2, 0.25) is 5.91 Å². The molecule has 134 valence electrons. The lowest BCUT2D eigenvalue weighted by Gasteiger charge is -2.07. The van der Waals surface area contributed by atoms with Crippen LogP contribution >= 0.6 is 39.0 Å². The van der Waals surface area contributed by atoms with Gasteiger partial charge in [0.05, 0.1) is 12.8 Å². The number of thioether (sulfide) groups is 1. The maximum Gasteiger partial charge on any atom is 0.350 e. The Bertz CT molecular complexity index is 938. The molecule has 1 amide bonds. The quantitative estimate of drug-likeness (QED) is 0.394. The minimum Gasteiger partial charge on any atom is -0.465 e. The molecule has 0 aliphatic heterocycles. The maximum atomic E-state index is 12.4. The summed E-state index contributed by atoms with van der Waals surface area (Å²) >= 11 is 6.34. The average molecular weight is 450 g/mol. The van der Waals surface area contributed by atoms with Crippen LogP contribution in [0, 0.1) is 0 Å². The van der Waals surface area contributed by atoms with Gasteiger partial charge in [-0.15, -0.1) is 23.1 Å². The monoisotopic (exact) mass is 449 g/mol. The molecule has 0 aliphatic rings. The van der Waals surface area contributed by atoms with Crippen LogP contribution in [0.3, 0.4) is 0 Å². The molecular weight excluding hydrogens is 434 g/mol. The molecule has 0 bridgehead atoms. The van der Waals surface area contributed by atoms with E-state index in [2.05, 4.69) is 21.2 Å². The van der Waals surface area contributed by atoms with Crippen LogP contribution in [0.15, 0.2) is 57.9 Å². The predicted octanol–water partition coefficient (Wildman–Crippen LogP) is 5.57. The van der Waals surface area contributed by atoms with Crippen LogP contribution in [-0.4, -0.2) is 24.7 Å². The molecular formula is C19H16BrNO3S2. The molecule has 1 heterocycles. The molecule has 1 aromatic heterocycles. The first-order chi connectivity index (χ1) is 12.6. The lowest BCUT2D eigenvalue weighted by Crippen LogP contribution is -2.14. The minimum atomic E-state index is -0.439. The summed E-state index contributed by atoms with van der Waals surface area (Å²) < 4.78 is 6.81. The standard InChI is InChI=1S/C19H16BrNO3S2/c1-24-19(23)18-17(14-4-2-3-5-15(14)26-18)21-16(22)10-11-25-13-8-6-12(20)7-9-13/h2-9H,10-11H2,1H3,(H,21,22). The second-order valence-electron chi connectivity index (χ2n) is 5.39. The molecule has 0 fully saturated rings. The van der Waals surface area contributed by atoms with Crippen molar-refractivity contribution >= 4 is 66.7 Å². The summed E-state index contributed by atoms with van der Waals surface area (Å²) in [6.07, 6.45) is 0.353. The first-order valence-electron chi connectivity index (χ1n) is 7.86. The molecule has 0 unspecified atom stereocenters. The Balaban J connectivity index is 1.68. The number of rotatable bonds is 6. The van der Waals surface area contributed by atoms with E-state index in [0.717, 1.165) is 19.5 Å². The largest absolute Gasteiger partial charge is 0.465 e. The van der Waals surface area contributed by atoms with E-state index in [9.17, 15) is 9.59 Å². The van der Waals surface area contributed by atoms with E-state index in [-0.39, 0.29) is 5.91 Å². The number of fused-ring (bicyclic) bond motifs is 1. The van der Waals surface area contributed by atoms with Crippen molar-refractivity contribution in [3.8, 4) is 0 Å². The molecule has 0 spiro atoms. The van der Waals surface area contributed by atoms with Gasteiger partial charge in [-0.1, -0.05) is 34.1 Å². The van der Waals surface area contributed by atoms with Crippen molar-refractivity contribution in [3.63, 3.8) is 0 Å². The van der Waals surface area contributed by atoms with Crippen LogP contribution in [-0.2, 0) is 9.53 Å². The fourth-order valence-electron chi connectivity index (χ4n) is 2.40. The lowest BCUT2D eigenvalue weighted by atomic mass is 10.2. The van der Waals surface area contributed by atoms with Gasteiger partial charge in [0.1, 0.15) is 4.88 Å². The Hall–Kier alpha value is -1.83. The third-order valence-electron chi connectivity index (χ3n) is 3.64. The third kappa shape index (κ3) is 4.47. The van der Waals surface area contributed by atoms with Crippen LogP contribution in [0.1, 0.15) is 16.1 Å². The molecule has 0 aliphatic carbocycles. The van der Waals surface area contributed by atoms with Gasteiger partial charge in [-0.25, -0.2) is 4.79 Å². The van der Waals surface area contributed by atoms with E-state index in [1.54, 1.807) is 11.8 Å². The van der Waals surface area contributed by atoms with Crippen LogP contribution in [0.2, 0.25) is 0 Å². The number of carbonyl (C=O) groups excluding carboxylic acids is 2. The molecule has 0 saturated heterocycles. The van der Waals surface area contributed by atoms with Gasteiger partial charge in [0, 0.05) is 31.6 Å². The van der Waals surface area contributed by atoms with Crippen LogP contribution < -0.4 is 5.32 Å². The molecule has 1 N–H and O–H groups in total. The highest BCUT2D eigenvalue weighted by Crippen LogP contribution is 2.36. The maximum absolute atomic E-state index is 12.4. The van der Waals surface area contributed by atoms with Gasteiger partial charge in [0.25, 0.3) is 0 Å². The van der Waals surface area contributed by atoms with Gasteiger partial charge in [-0.3, -0.25) is 4.79 Å². The fraction of sp³-hybridized carbons (Fsp3) is 0.158. The smallest absolute Gasteiger partial charge is 0.350 e. The van der Waals surface area contributed by atoms with Gasteiger partial charge in [-0.2, -0.15) is 0 Å². The molecule has 3 aromatic rings. The Morgan fingerprint density at radius 1 is 1.15 bits per heavy atom. The number of halogens is 1. The molecule has 3 rings (SSSR count). The van der Waals surface area contributed by atoms with E-state index in [1.165, 1.54) is 18.4 Å². The zero-order valence-electron chi connectivity index (χ0n) is 14.0. The summed E-state index contributed by atoms with van der Waals surface area (Å²) in [6, 6.07) is 15.6. The second-order valence-corrected chi connectivity index (χ2v) is 8.53. The third-order valence-corrected chi connectivity index (χ3v) is 6.34. The van der Waals surface area contributed by atoms with Crippen molar-refractivity contribution in [2.75, 3.05) is 18.2 Å². The van der Waals surface area contributed by atoms with Crippen molar-refractivity contribution < 1.29 is 14.3 Å². The van der Waals surface area contributed by atoms with Crippen LogP contribution in [0.4, 0.5) is 5.69 Å². The minimum absolute atomic E-state index is 0.122. The van der Waals surface area contributed by atoms with Crippen molar-refractivity contribution in [2.24, 2.45) is 0 Å². The number of hydrogen-bond acceptors (Lipinski definition) is 5. The number of methoxy groups -OCH3 is 1. The molecule has 0 saturated carbocycles. The Labute approximate surface area is 168 Å². The van der Waals surface area contributed by atoms with E-state index in [4.69, 9.17) is 4.74 Å². The van der Waals surface area contributed by atoms with Gasteiger partial charge in [-0.05, 0) is 30.3 Å². The number of amides is 1. The summed E-state index contributed by atoms with van der Waals surface area (Å²) in [5.41, 5.74) is 0.538. The SMILES string of the molecule is COC(=O)c1sc2ccccc2c1NC(=O)CCSc1ccc(Br)cc1. The average Bonchev–Trinajstić information content (AvgIpc) is 3.01. The summed E-state index contributed by atoms with van der Waals surface area (Å²) in [6.45, 7) is 0. The van der Waals surface area contributed by atoms with Crippen molar-refractivity contribution in [2.45, 2.75) is 11.3 Å². The molecule has 0 radical (unpaired) electrons. The zero-order chi connectivity index (χ0) is 18.5. The van der Waals surface area contributed by atoms with Gasteiger partial charge < -0.3 is 10.1 Å². The Morgan fingerprint density at radius 3 is 2.62 bits per heavy atom. The Morgan fingerprint density at radius 2 is 1.88 bits per heavy atom. The summed E-state index contributed by atoms with van der Waals surface area (Å²) in [7, 11) is 1.34. The normalized spacial score (nSPS) is 10.7. The number of nitrogens with one attached hydrogen (secondary N) is 1. The van der Waals surface area contributed by atoms with Gasteiger partial charge >= 0.3 is 5.97 Å². The highest BCUT2D eigenvalue weighted by Gasteiger charge is 2.20. The van der Waals surface area contributed by atoms with Crippen LogP contribution in [0.25, 0.3) is 10.1 Å². The number of ether oxygens (including phenoxy) is 1. The fourth-order valence-corrected chi connectivity index (χ4v) is 4.59. The van der Waals surface area contributed by atoms with Crippen molar-refractivity contribution in [1.82, 2.24) is 0 Å². The van der Waals surface area contributed by atoms with E-state index in [0.29, 0.717) is 22.7 Å². The van der Waals surface area contributed by atoms with E-state index >= 15 is 0 Å². The highest BCUT2D eigenvalue weighted by molar-refractivity contribution is 9.10. The Kier molecular flexibility index (Phi) is 6.34. The number of benzene rings is 2. The summed E-state index contributed by atoms with van der Waals surface area (Å²) in [4.78, 5) is 26.0. The molecule has 0 atom stereocenters. The number of thiophene rings is 1. The molecule has 26 heavy (non-hydrogen) atoms. The predicted molar refractivity (Wildman–Crippen MR) is 111 cm³/mol. The number of carbonyl (C=O) groups is 2. The summed E-state index contributed by atoms with van der Waals surface area (Å²) in [5.74, 6) is 0.0948.